The fourth-order valence-electron chi connectivity index (χ4n) is 3.14. The standard InChI is InChI=1S/C19H25N3O2/c1-13(11-22-15(3)8-14(2)21-22)10-20-19(23)17-9-16-6-4-5-7-18(16)24-12-17/h4-8,13,17H,9-12H2,1-3H3,(H,20,23)/t13-,17-/m1/s1. The van der Waals surface area contributed by atoms with Gasteiger partial charge in [-0.05, 0) is 43.9 Å². The van der Waals surface area contributed by atoms with Crippen molar-refractivity contribution in [2.24, 2.45) is 11.8 Å². The molecule has 5 heteroatoms. The normalized spacial score (nSPS) is 17.7. The lowest BCUT2D eigenvalue weighted by Crippen LogP contribution is -2.39. The van der Waals surface area contributed by atoms with Crippen molar-refractivity contribution in [1.82, 2.24) is 15.1 Å². The Morgan fingerprint density at radius 3 is 2.96 bits per heavy atom. The Bertz CT molecular complexity index is 723. The van der Waals surface area contributed by atoms with Crippen molar-refractivity contribution in [3.63, 3.8) is 0 Å². The maximum Gasteiger partial charge on any atom is 0.226 e. The van der Waals surface area contributed by atoms with Crippen LogP contribution in [0.15, 0.2) is 30.3 Å². The van der Waals surface area contributed by atoms with Crippen LogP contribution in [0.1, 0.15) is 23.9 Å². The van der Waals surface area contributed by atoms with Gasteiger partial charge in [0.15, 0.2) is 0 Å². The van der Waals surface area contributed by atoms with Gasteiger partial charge in [0.1, 0.15) is 12.4 Å². The average Bonchev–Trinajstić information content (AvgIpc) is 2.89. The van der Waals surface area contributed by atoms with Crippen LogP contribution in [0, 0.1) is 25.7 Å². The molecular weight excluding hydrogens is 302 g/mol. The van der Waals surface area contributed by atoms with E-state index in [1.165, 1.54) is 0 Å². The quantitative estimate of drug-likeness (QED) is 0.918. The van der Waals surface area contributed by atoms with Crippen LogP contribution in [0.2, 0.25) is 0 Å². The lowest BCUT2D eigenvalue weighted by Gasteiger charge is -2.25. The van der Waals surface area contributed by atoms with Gasteiger partial charge in [-0.25, -0.2) is 0 Å². The largest absolute Gasteiger partial charge is 0.492 e. The van der Waals surface area contributed by atoms with E-state index in [1.54, 1.807) is 0 Å². The van der Waals surface area contributed by atoms with Gasteiger partial charge in [-0.3, -0.25) is 9.48 Å². The molecular formula is C19H25N3O2. The SMILES string of the molecule is Cc1cc(C)n(C[C@H](C)CNC(=O)[C@H]2COc3ccccc3C2)n1. The molecule has 24 heavy (non-hydrogen) atoms. The number of aryl methyl sites for hydroxylation is 2. The Morgan fingerprint density at radius 2 is 2.21 bits per heavy atom. The number of nitrogens with zero attached hydrogens (tertiary/aromatic N) is 2. The lowest BCUT2D eigenvalue weighted by atomic mass is 9.96. The van der Waals surface area contributed by atoms with Crippen LogP contribution in [-0.2, 0) is 17.8 Å². The van der Waals surface area contributed by atoms with Gasteiger partial charge in [0.05, 0.1) is 11.6 Å². The van der Waals surface area contributed by atoms with Crippen molar-refractivity contribution in [3.05, 3.63) is 47.3 Å². The molecule has 128 valence electrons. The number of aromatic nitrogens is 2. The van der Waals surface area contributed by atoms with Gasteiger partial charge in [-0.15, -0.1) is 0 Å². The zero-order valence-electron chi connectivity index (χ0n) is 14.6. The number of carbonyl (C=O) groups is 1. The van der Waals surface area contributed by atoms with E-state index >= 15 is 0 Å². The van der Waals surface area contributed by atoms with Crippen LogP contribution in [0.3, 0.4) is 0 Å². The molecule has 0 saturated carbocycles. The average molecular weight is 327 g/mol. The summed E-state index contributed by atoms with van der Waals surface area (Å²) in [7, 11) is 0. The van der Waals surface area contributed by atoms with Crippen LogP contribution in [0.4, 0.5) is 0 Å². The molecule has 1 N–H and O–H groups in total. The molecule has 1 aliphatic rings. The second-order valence-electron chi connectivity index (χ2n) is 6.78. The van der Waals surface area contributed by atoms with Crippen molar-refractivity contribution < 1.29 is 9.53 Å². The summed E-state index contributed by atoms with van der Waals surface area (Å²) in [6.45, 7) is 8.09. The third-order valence-electron chi connectivity index (χ3n) is 4.46. The van der Waals surface area contributed by atoms with Crippen LogP contribution in [0.25, 0.3) is 0 Å². The van der Waals surface area contributed by atoms with Gasteiger partial charge in [0.25, 0.3) is 0 Å². The smallest absolute Gasteiger partial charge is 0.226 e. The Morgan fingerprint density at radius 1 is 1.42 bits per heavy atom. The number of fused-ring (bicyclic) bond motifs is 1. The maximum absolute atomic E-state index is 12.4. The monoisotopic (exact) mass is 327 g/mol. The Kier molecular flexibility index (Phi) is 4.88. The molecule has 0 saturated heterocycles. The summed E-state index contributed by atoms with van der Waals surface area (Å²) in [6, 6.07) is 10.0. The third kappa shape index (κ3) is 3.78. The Balaban J connectivity index is 1.50. The molecule has 3 rings (SSSR count). The highest BCUT2D eigenvalue weighted by molar-refractivity contribution is 5.79. The first-order chi connectivity index (χ1) is 11.5. The minimum Gasteiger partial charge on any atom is -0.492 e. The van der Waals surface area contributed by atoms with E-state index in [1.807, 2.05) is 35.9 Å². The lowest BCUT2D eigenvalue weighted by molar-refractivity contribution is -0.126. The molecule has 1 aromatic carbocycles. The number of amides is 1. The number of benzene rings is 1. The summed E-state index contributed by atoms with van der Waals surface area (Å²) in [4.78, 5) is 12.4. The number of carbonyl (C=O) groups excluding carboxylic acids is 1. The van der Waals surface area contributed by atoms with Crippen molar-refractivity contribution in [1.29, 1.82) is 0 Å². The van der Waals surface area contributed by atoms with Crippen LogP contribution < -0.4 is 10.1 Å². The summed E-state index contributed by atoms with van der Waals surface area (Å²) in [5.41, 5.74) is 3.30. The summed E-state index contributed by atoms with van der Waals surface area (Å²) in [5.74, 6) is 1.19. The first-order valence-electron chi connectivity index (χ1n) is 8.52. The van der Waals surface area contributed by atoms with Crippen LogP contribution in [-0.4, -0.2) is 28.8 Å². The van der Waals surface area contributed by atoms with Crippen LogP contribution in [0.5, 0.6) is 5.75 Å². The molecule has 0 fully saturated rings. The molecule has 2 heterocycles. The van der Waals surface area contributed by atoms with E-state index in [0.717, 1.165) is 35.7 Å². The number of para-hydroxylation sites is 1. The van der Waals surface area contributed by atoms with Crippen molar-refractivity contribution in [2.45, 2.75) is 33.7 Å². The molecule has 0 aliphatic carbocycles. The van der Waals surface area contributed by atoms with Gasteiger partial charge in [0, 0.05) is 18.8 Å². The molecule has 0 bridgehead atoms. The van der Waals surface area contributed by atoms with E-state index in [9.17, 15) is 4.79 Å². The van der Waals surface area contributed by atoms with Crippen LogP contribution >= 0.6 is 0 Å². The number of rotatable bonds is 5. The Hall–Kier alpha value is -2.30. The second-order valence-corrected chi connectivity index (χ2v) is 6.78. The highest BCUT2D eigenvalue weighted by Gasteiger charge is 2.25. The number of ether oxygens (including phenoxy) is 1. The predicted molar refractivity (Wildman–Crippen MR) is 93.0 cm³/mol. The van der Waals surface area contributed by atoms with Gasteiger partial charge in [0.2, 0.25) is 5.91 Å². The fourth-order valence-corrected chi connectivity index (χ4v) is 3.14. The summed E-state index contributed by atoms with van der Waals surface area (Å²) in [6.07, 6.45) is 0.744. The predicted octanol–water partition coefficient (Wildman–Crippen LogP) is 2.50. The number of hydrogen-bond donors (Lipinski definition) is 1. The zero-order valence-corrected chi connectivity index (χ0v) is 14.6. The topological polar surface area (TPSA) is 56.2 Å². The van der Waals surface area contributed by atoms with Gasteiger partial charge >= 0.3 is 0 Å². The molecule has 0 radical (unpaired) electrons. The Labute approximate surface area is 143 Å². The number of nitrogens with one attached hydrogen (secondary N) is 1. The second kappa shape index (κ2) is 7.07. The molecule has 0 unspecified atom stereocenters. The van der Waals surface area contributed by atoms with Gasteiger partial charge in [-0.1, -0.05) is 25.1 Å². The summed E-state index contributed by atoms with van der Waals surface area (Å²) < 4.78 is 7.71. The molecule has 1 aliphatic heterocycles. The molecule has 2 atom stereocenters. The van der Waals surface area contributed by atoms with Crippen molar-refractivity contribution in [2.75, 3.05) is 13.2 Å². The third-order valence-corrected chi connectivity index (χ3v) is 4.46. The minimum atomic E-state index is -0.110. The molecule has 1 aromatic heterocycles. The molecule has 2 aromatic rings. The van der Waals surface area contributed by atoms with Crippen molar-refractivity contribution in [3.8, 4) is 5.75 Å². The summed E-state index contributed by atoms with van der Waals surface area (Å²) in [5, 5.41) is 7.55. The highest BCUT2D eigenvalue weighted by Crippen LogP contribution is 2.26. The minimum absolute atomic E-state index is 0.0738. The van der Waals surface area contributed by atoms with E-state index in [-0.39, 0.29) is 11.8 Å². The fraction of sp³-hybridized carbons (Fsp3) is 0.474. The van der Waals surface area contributed by atoms with E-state index in [2.05, 4.69) is 30.3 Å². The van der Waals surface area contributed by atoms with Gasteiger partial charge in [-0.2, -0.15) is 5.10 Å². The maximum atomic E-state index is 12.4. The zero-order chi connectivity index (χ0) is 17.1. The first-order valence-corrected chi connectivity index (χ1v) is 8.52. The highest BCUT2D eigenvalue weighted by atomic mass is 16.5. The first kappa shape index (κ1) is 16.6. The van der Waals surface area contributed by atoms with Crippen molar-refractivity contribution >= 4 is 5.91 Å². The summed E-state index contributed by atoms with van der Waals surface area (Å²) >= 11 is 0. The molecule has 1 amide bonds. The van der Waals surface area contributed by atoms with Gasteiger partial charge < -0.3 is 10.1 Å². The molecule has 0 spiro atoms. The number of hydrogen-bond acceptors (Lipinski definition) is 3. The van der Waals surface area contributed by atoms with E-state index < -0.39 is 0 Å². The van der Waals surface area contributed by atoms with E-state index in [0.29, 0.717) is 19.1 Å². The molecule has 5 nitrogen and oxygen atoms in total. The van der Waals surface area contributed by atoms with E-state index in [4.69, 9.17) is 4.74 Å².